The summed E-state index contributed by atoms with van der Waals surface area (Å²) in [6.07, 6.45) is 2.11. The second-order valence-electron chi connectivity index (χ2n) is 7.03. The van der Waals surface area contributed by atoms with Gasteiger partial charge in [-0.2, -0.15) is 0 Å². The zero-order chi connectivity index (χ0) is 23.4. The zero-order valence-corrected chi connectivity index (χ0v) is 19.6. The van der Waals surface area contributed by atoms with E-state index in [2.05, 4.69) is 20.0 Å². The molecule has 4 aromatic rings. The van der Waals surface area contributed by atoms with Crippen LogP contribution in [-0.2, 0) is 28.8 Å². The van der Waals surface area contributed by atoms with Crippen LogP contribution >= 0.6 is 30.8 Å². The van der Waals surface area contributed by atoms with E-state index in [1.807, 2.05) is 24.3 Å². The van der Waals surface area contributed by atoms with Gasteiger partial charge in [0.25, 0.3) is 5.82 Å². The van der Waals surface area contributed by atoms with Crippen molar-refractivity contribution in [2.45, 2.75) is 19.7 Å². The molecule has 0 unspecified atom stereocenters. The molecule has 5 N–H and O–H groups in total. The van der Waals surface area contributed by atoms with Crippen LogP contribution in [0.15, 0.2) is 58.6 Å². The van der Waals surface area contributed by atoms with Gasteiger partial charge < -0.3 is 19.6 Å². The lowest BCUT2D eigenvalue weighted by Crippen LogP contribution is -2.38. The van der Waals surface area contributed by atoms with Crippen molar-refractivity contribution in [1.29, 1.82) is 0 Å². The minimum atomic E-state index is -4.62. The Hall–Kier alpha value is -2.79. The van der Waals surface area contributed by atoms with Crippen molar-refractivity contribution in [3.8, 4) is 11.3 Å². The van der Waals surface area contributed by atoms with Crippen LogP contribution in [0.3, 0.4) is 0 Å². The molecule has 3 aromatic heterocycles. The summed E-state index contributed by atoms with van der Waals surface area (Å²) in [6.45, 7) is 0.235. The third-order valence-corrected chi connectivity index (χ3v) is 6.21. The highest BCUT2D eigenvalue weighted by Crippen LogP contribution is 2.35. The van der Waals surface area contributed by atoms with Crippen LogP contribution in [0.5, 0.6) is 0 Å². The molecule has 0 aliphatic rings. The molecule has 0 fully saturated rings. The minimum Gasteiger partial charge on any atom is -0.357 e. The van der Waals surface area contributed by atoms with Crippen molar-refractivity contribution >= 4 is 41.7 Å². The number of nitrogen functional groups attached to an aromatic ring is 1. The summed E-state index contributed by atoms with van der Waals surface area (Å²) in [5.74, 6) is 0.669. The fraction of sp³-hybridized carbons (Fsp3) is 0.150. The van der Waals surface area contributed by atoms with E-state index in [9.17, 15) is 4.57 Å². The molecular formula is C20H20ClN5O5PS+. The molecule has 0 saturated carbocycles. The lowest BCUT2D eigenvalue weighted by atomic mass is 10.1. The van der Waals surface area contributed by atoms with Crippen molar-refractivity contribution in [2.24, 2.45) is 0 Å². The van der Waals surface area contributed by atoms with Crippen molar-refractivity contribution in [3.05, 3.63) is 76.0 Å². The van der Waals surface area contributed by atoms with E-state index in [1.54, 1.807) is 29.8 Å². The van der Waals surface area contributed by atoms with E-state index >= 15 is 0 Å². The van der Waals surface area contributed by atoms with Crippen molar-refractivity contribution < 1.29 is 28.0 Å². The van der Waals surface area contributed by atoms with E-state index in [0.29, 0.717) is 29.4 Å². The molecule has 0 bridgehead atoms. The fourth-order valence-corrected chi connectivity index (χ4v) is 4.15. The van der Waals surface area contributed by atoms with Crippen LogP contribution in [0.4, 0.5) is 10.9 Å². The summed E-state index contributed by atoms with van der Waals surface area (Å²) in [7, 11) is -4.62. The normalized spacial score (nSPS) is 11.6. The van der Waals surface area contributed by atoms with Gasteiger partial charge in [0, 0.05) is 24.4 Å². The Morgan fingerprint density at radius 3 is 2.70 bits per heavy atom. The molecule has 0 atom stereocenters. The highest BCUT2D eigenvalue weighted by atomic mass is 35.5. The fourth-order valence-electron chi connectivity index (χ4n) is 3.04. The van der Waals surface area contributed by atoms with Gasteiger partial charge in [-0.25, -0.2) is 18.6 Å². The van der Waals surface area contributed by atoms with E-state index in [1.165, 1.54) is 15.9 Å². The SMILES string of the molecule is Nc1c(-c2cc(Cc3ccc(CNc4nc(Cl)cs4)cc3)no2)ccc[n+]1COP(=O)(O)O. The Bertz CT molecular complexity index is 1290. The highest BCUT2D eigenvalue weighted by molar-refractivity contribution is 7.46. The smallest absolute Gasteiger partial charge is 0.357 e. The number of halogens is 1. The Morgan fingerprint density at radius 1 is 1.24 bits per heavy atom. The number of nitrogens with two attached hydrogens (primary N) is 1. The molecule has 3 heterocycles. The topological polar surface area (TPSA) is 148 Å². The second-order valence-corrected chi connectivity index (χ2v) is 9.52. The summed E-state index contributed by atoms with van der Waals surface area (Å²) in [5.41, 5.74) is 9.53. The number of nitrogens with zero attached hydrogens (tertiary/aromatic N) is 3. The summed E-state index contributed by atoms with van der Waals surface area (Å²) >= 11 is 7.29. The van der Waals surface area contributed by atoms with Crippen LogP contribution in [0.1, 0.15) is 16.8 Å². The van der Waals surface area contributed by atoms with E-state index in [0.717, 1.165) is 22.0 Å². The number of thiazole rings is 1. The van der Waals surface area contributed by atoms with Gasteiger partial charge in [-0.05, 0) is 23.3 Å². The maximum atomic E-state index is 11.0. The summed E-state index contributed by atoms with van der Waals surface area (Å²) < 4.78 is 22.3. The molecule has 0 spiro atoms. The van der Waals surface area contributed by atoms with Crippen LogP contribution in [0.2, 0.25) is 5.15 Å². The van der Waals surface area contributed by atoms with E-state index in [4.69, 9.17) is 31.6 Å². The first-order valence-electron chi connectivity index (χ1n) is 9.63. The van der Waals surface area contributed by atoms with Crippen LogP contribution < -0.4 is 15.6 Å². The number of benzene rings is 1. The third kappa shape index (κ3) is 6.38. The monoisotopic (exact) mass is 508 g/mol. The highest BCUT2D eigenvalue weighted by Gasteiger charge is 2.20. The van der Waals surface area contributed by atoms with Gasteiger partial charge in [-0.1, -0.05) is 41.0 Å². The molecular weight excluding hydrogens is 489 g/mol. The second kappa shape index (κ2) is 10.0. The van der Waals surface area contributed by atoms with Crippen LogP contribution in [-0.4, -0.2) is 19.9 Å². The number of hydrogen-bond donors (Lipinski definition) is 4. The first-order valence-corrected chi connectivity index (χ1v) is 12.4. The van der Waals surface area contributed by atoms with Crippen LogP contribution in [0.25, 0.3) is 11.3 Å². The number of phosphoric acid groups is 1. The molecule has 0 radical (unpaired) electrons. The average Bonchev–Trinajstić information content (AvgIpc) is 3.41. The summed E-state index contributed by atoms with van der Waals surface area (Å²) in [6, 6.07) is 13.3. The maximum Gasteiger partial charge on any atom is 0.472 e. The lowest BCUT2D eigenvalue weighted by Gasteiger charge is -2.07. The van der Waals surface area contributed by atoms with Crippen molar-refractivity contribution in [2.75, 3.05) is 11.1 Å². The molecule has 0 aliphatic carbocycles. The molecule has 4 rings (SSSR count). The van der Waals surface area contributed by atoms with E-state index in [-0.39, 0.29) is 5.82 Å². The number of rotatable bonds is 9. The molecule has 13 heteroatoms. The Kier molecular flexibility index (Phi) is 7.08. The molecule has 1 aromatic carbocycles. The number of pyridine rings is 1. The molecule has 0 aliphatic heterocycles. The third-order valence-electron chi connectivity index (χ3n) is 4.63. The summed E-state index contributed by atoms with van der Waals surface area (Å²) in [4.78, 5) is 22.0. The van der Waals surface area contributed by atoms with Crippen LogP contribution in [0, 0.1) is 0 Å². The number of aromatic nitrogens is 3. The zero-order valence-electron chi connectivity index (χ0n) is 17.1. The van der Waals surface area contributed by atoms with Gasteiger partial charge in [-0.3, -0.25) is 5.73 Å². The molecule has 10 nitrogen and oxygen atoms in total. The van der Waals surface area contributed by atoms with Crippen molar-refractivity contribution in [1.82, 2.24) is 10.1 Å². The molecule has 0 saturated heterocycles. The van der Waals surface area contributed by atoms with Gasteiger partial charge in [0.2, 0.25) is 6.73 Å². The largest absolute Gasteiger partial charge is 0.472 e. The van der Waals surface area contributed by atoms with Gasteiger partial charge >= 0.3 is 7.82 Å². The summed E-state index contributed by atoms with van der Waals surface area (Å²) in [5, 5.41) is 10.4. The van der Waals surface area contributed by atoms with Gasteiger partial charge in [0.15, 0.2) is 10.9 Å². The Balaban J connectivity index is 1.40. The molecule has 33 heavy (non-hydrogen) atoms. The predicted octanol–water partition coefficient (Wildman–Crippen LogP) is 3.59. The number of phosphoric ester groups is 1. The van der Waals surface area contributed by atoms with Gasteiger partial charge in [-0.15, -0.1) is 11.3 Å². The molecule has 172 valence electrons. The maximum absolute atomic E-state index is 11.0. The Labute approximate surface area is 197 Å². The van der Waals surface area contributed by atoms with Crippen molar-refractivity contribution in [3.63, 3.8) is 0 Å². The number of hydrogen-bond acceptors (Lipinski definition) is 8. The first kappa shape index (κ1) is 23.4. The number of nitrogens with one attached hydrogen (secondary N) is 1. The predicted molar refractivity (Wildman–Crippen MR) is 123 cm³/mol. The first-order chi connectivity index (χ1) is 15.8. The standard InChI is InChI=1S/C20H19ClN5O5PS/c21-18-11-33-20(24-18)23-10-14-5-3-13(4-6-14)8-15-9-17(31-25-15)16-2-1-7-26(19(16)22)12-30-32(27,28)29/h1-7,9,11,22H,8,10,12H2,(H3,23,24,27,28,29)/p+1. The Morgan fingerprint density at radius 2 is 2.00 bits per heavy atom. The van der Waals surface area contributed by atoms with Gasteiger partial charge in [0.05, 0.1) is 11.9 Å². The quantitative estimate of drug-likeness (QED) is 0.196. The number of anilines is 2. The average molecular weight is 509 g/mol. The van der Waals surface area contributed by atoms with Gasteiger partial charge in [0.1, 0.15) is 10.7 Å². The lowest BCUT2D eigenvalue weighted by molar-refractivity contribution is -0.711. The van der Waals surface area contributed by atoms with E-state index < -0.39 is 14.6 Å². The minimum absolute atomic E-state index is 0.229. The molecule has 0 amide bonds.